The molecule has 0 bridgehead atoms. The smallest absolute Gasteiger partial charge is 0.103 e. The van der Waals surface area contributed by atoms with Crippen LogP contribution in [0.5, 0.6) is 0 Å². The van der Waals surface area contributed by atoms with Crippen molar-refractivity contribution in [3.05, 3.63) is 53.8 Å². The SMILES string of the molecule is C=C1CNCC/C1=C/N=C(C)Nc1ccc(C)cc1. The predicted molar refractivity (Wildman–Crippen MR) is 82.6 cm³/mol. The van der Waals surface area contributed by atoms with Crippen molar-refractivity contribution in [2.75, 3.05) is 18.4 Å². The molecule has 0 amide bonds. The molecule has 1 heterocycles. The lowest BCUT2D eigenvalue weighted by atomic mass is 10.0. The van der Waals surface area contributed by atoms with E-state index in [0.29, 0.717) is 0 Å². The summed E-state index contributed by atoms with van der Waals surface area (Å²) in [4.78, 5) is 4.47. The number of hydrogen-bond donors (Lipinski definition) is 2. The molecule has 1 fully saturated rings. The van der Waals surface area contributed by atoms with Crippen molar-refractivity contribution in [3.63, 3.8) is 0 Å². The van der Waals surface area contributed by atoms with E-state index in [2.05, 4.69) is 53.4 Å². The number of anilines is 1. The van der Waals surface area contributed by atoms with Crippen molar-refractivity contribution >= 4 is 11.5 Å². The average molecular weight is 255 g/mol. The maximum atomic E-state index is 4.47. The van der Waals surface area contributed by atoms with E-state index in [9.17, 15) is 0 Å². The maximum absolute atomic E-state index is 4.47. The maximum Gasteiger partial charge on any atom is 0.103 e. The predicted octanol–water partition coefficient (Wildman–Crippen LogP) is 3.26. The number of aryl methyl sites for hydroxylation is 1. The number of benzene rings is 1. The summed E-state index contributed by atoms with van der Waals surface area (Å²) in [6.45, 7) is 9.97. The van der Waals surface area contributed by atoms with Crippen LogP contribution in [-0.4, -0.2) is 18.9 Å². The summed E-state index contributed by atoms with van der Waals surface area (Å²) < 4.78 is 0. The van der Waals surface area contributed by atoms with Crippen molar-refractivity contribution < 1.29 is 0 Å². The normalized spacial score (nSPS) is 18.7. The van der Waals surface area contributed by atoms with Crippen LogP contribution in [-0.2, 0) is 0 Å². The molecular weight excluding hydrogens is 234 g/mol. The molecule has 3 heteroatoms. The first-order valence-electron chi connectivity index (χ1n) is 6.61. The molecule has 1 aromatic rings. The summed E-state index contributed by atoms with van der Waals surface area (Å²) >= 11 is 0. The van der Waals surface area contributed by atoms with Crippen LogP contribution in [0, 0.1) is 6.92 Å². The zero-order chi connectivity index (χ0) is 13.7. The fourth-order valence-corrected chi connectivity index (χ4v) is 1.96. The van der Waals surface area contributed by atoms with Crippen molar-refractivity contribution in [1.29, 1.82) is 0 Å². The molecule has 0 aromatic heterocycles. The summed E-state index contributed by atoms with van der Waals surface area (Å²) in [5, 5.41) is 6.58. The summed E-state index contributed by atoms with van der Waals surface area (Å²) in [5.41, 5.74) is 4.70. The Labute approximate surface area is 115 Å². The van der Waals surface area contributed by atoms with Gasteiger partial charge in [-0.1, -0.05) is 24.3 Å². The molecule has 1 aliphatic rings. The van der Waals surface area contributed by atoms with Crippen LogP contribution < -0.4 is 10.6 Å². The second-order valence-electron chi connectivity index (χ2n) is 4.89. The van der Waals surface area contributed by atoms with Crippen LogP contribution in [0.2, 0.25) is 0 Å². The third kappa shape index (κ3) is 4.07. The minimum Gasteiger partial charge on any atom is -0.344 e. The van der Waals surface area contributed by atoms with E-state index in [0.717, 1.165) is 36.6 Å². The Morgan fingerprint density at radius 2 is 2.11 bits per heavy atom. The Hall–Kier alpha value is -1.87. The molecule has 19 heavy (non-hydrogen) atoms. The molecule has 1 aliphatic heterocycles. The molecule has 0 saturated carbocycles. The number of amidine groups is 1. The highest BCUT2D eigenvalue weighted by molar-refractivity contribution is 5.93. The first-order chi connectivity index (χ1) is 9.15. The molecule has 0 spiro atoms. The first kappa shape index (κ1) is 13.6. The number of aliphatic imine (C=N–C) groups is 1. The Morgan fingerprint density at radius 1 is 1.37 bits per heavy atom. The lowest BCUT2D eigenvalue weighted by Gasteiger charge is -2.17. The van der Waals surface area contributed by atoms with Gasteiger partial charge in [0.1, 0.15) is 5.84 Å². The number of piperidine rings is 1. The molecule has 2 rings (SSSR count). The lowest BCUT2D eigenvalue weighted by Crippen LogP contribution is -2.25. The van der Waals surface area contributed by atoms with Gasteiger partial charge in [0.05, 0.1) is 0 Å². The second-order valence-corrected chi connectivity index (χ2v) is 4.89. The standard InChI is InChI=1S/C16H21N3/c1-12-4-6-16(7-5-12)19-14(3)18-11-15-8-9-17-10-13(15)2/h4-7,11,17H,2,8-10H2,1,3H3,(H,18,19)/b15-11-. The average Bonchev–Trinajstić information content (AvgIpc) is 2.40. The Kier molecular flexibility index (Phi) is 4.53. The molecule has 2 N–H and O–H groups in total. The van der Waals surface area contributed by atoms with Crippen LogP contribution in [0.4, 0.5) is 5.69 Å². The van der Waals surface area contributed by atoms with Gasteiger partial charge in [0, 0.05) is 18.4 Å². The van der Waals surface area contributed by atoms with E-state index in [4.69, 9.17) is 0 Å². The van der Waals surface area contributed by atoms with Crippen LogP contribution in [0.3, 0.4) is 0 Å². The Morgan fingerprint density at radius 3 is 2.79 bits per heavy atom. The molecule has 0 aliphatic carbocycles. The van der Waals surface area contributed by atoms with Gasteiger partial charge in [-0.05, 0) is 50.1 Å². The summed E-state index contributed by atoms with van der Waals surface area (Å²) in [5.74, 6) is 0.891. The highest BCUT2D eigenvalue weighted by atomic mass is 15.0. The molecule has 0 radical (unpaired) electrons. The summed E-state index contributed by atoms with van der Waals surface area (Å²) in [7, 11) is 0. The topological polar surface area (TPSA) is 36.4 Å². The van der Waals surface area contributed by atoms with E-state index in [1.165, 1.54) is 11.1 Å². The van der Waals surface area contributed by atoms with Crippen LogP contribution in [0.25, 0.3) is 0 Å². The Bertz CT molecular complexity index is 509. The molecule has 0 unspecified atom stereocenters. The number of rotatable bonds is 2. The van der Waals surface area contributed by atoms with E-state index < -0.39 is 0 Å². The third-order valence-electron chi connectivity index (χ3n) is 3.15. The van der Waals surface area contributed by atoms with E-state index in [1.54, 1.807) is 0 Å². The monoisotopic (exact) mass is 255 g/mol. The fourth-order valence-electron chi connectivity index (χ4n) is 1.96. The minimum absolute atomic E-state index is 0.867. The zero-order valence-electron chi connectivity index (χ0n) is 11.7. The minimum atomic E-state index is 0.867. The van der Waals surface area contributed by atoms with Gasteiger partial charge in [0.2, 0.25) is 0 Å². The molecule has 100 valence electrons. The van der Waals surface area contributed by atoms with E-state index in [-0.39, 0.29) is 0 Å². The van der Waals surface area contributed by atoms with Gasteiger partial charge in [0.15, 0.2) is 0 Å². The quantitative estimate of drug-likeness (QED) is 0.628. The Balaban J connectivity index is 2.00. The van der Waals surface area contributed by atoms with Gasteiger partial charge in [-0.2, -0.15) is 0 Å². The zero-order valence-corrected chi connectivity index (χ0v) is 11.7. The molecule has 3 nitrogen and oxygen atoms in total. The van der Waals surface area contributed by atoms with Gasteiger partial charge in [-0.3, -0.25) is 0 Å². The van der Waals surface area contributed by atoms with Crippen molar-refractivity contribution in [2.45, 2.75) is 20.3 Å². The van der Waals surface area contributed by atoms with Crippen LogP contribution >= 0.6 is 0 Å². The van der Waals surface area contributed by atoms with E-state index >= 15 is 0 Å². The van der Waals surface area contributed by atoms with Crippen molar-refractivity contribution in [1.82, 2.24) is 5.32 Å². The van der Waals surface area contributed by atoms with Gasteiger partial charge >= 0.3 is 0 Å². The first-order valence-corrected chi connectivity index (χ1v) is 6.61. The van der Waals surface area contributed by atoms with Crippen LogP contribution in [0.1, 0.15) is 18.9 Å². The highest BCUT2D eigenvalue weighted by Gasteiger charge is 2.07. The molecule has 1 saturated heterocycles. The number of hydrogen-bond acceptors (Lipinski definition) is 2. The summed E-state index contributed by atoms with van der Waals surface area (Å²) in [6, 6.07) is 8.29. The van der Waals surface area contributed by atoms with Crippen LogP contribution in [0.15, 0.2) is 53.2 Å². The molecule has 0 atom stereocenters. The lowest BCUT2D eigenvalue weighted by molar-refractivity contribution is 0.683. The highest BCUT2D eigenvalue weighted by Crippen LogP contribution is 2.15. The van der Waals surface area contributed by atoms with Crippen molar-refractivity contribution in [2.24, 2.45) is 4.99 Å². The van der Waals surface area contributed by atoms with Gasteiger partial charge in [0.25, 0.3) is 0 Å². The largest absolute Gasteiger partial charge is 0.344 e. The number of nitrogens with one attached hydrogen (secondary N) is 2. The third-order valence-corrected chi connectivity index (χ3v) is 3.15. The number of nitrogens with zero attached hydrogens (tertiary/aromatic N) is 1. The molecular formula is C16H21N3. The van der Waals surface area contributed by atoms with Gasteiger partial charge in [-0.15, -0.1) is 0 Å². The van der Waals surface area contributed by atoms with Gasteiger partial charge < -0.3 is 10.6 Å². The second kappa shape index (κ2) is 6.34. The summed E-state index contributed by atoms with van der Waals surface area (Å²) in [6.07, 6.45) is 2.93. The van der Waals surface area contributed by atoms with Crippen molar-refractivity contribution in [3.8, 4) is 0 Å². The molecule has 1 aromatic carbocycles. The fraction of sp³-hybridized carbons (Fsp3) is 0.312. The van der Waals surface area contributed by atoms with Gasteiger partial charge in [-0.25, -0.2) is 4.99 Å². The van der Waals surface area contributed by atoms with E-state index in [1.807, 2.05) is 13.1 Å².